The van der Waals surface area contributed by atoms with Crippen molar-refractivity contribution in [1.29, 1.82) is 0 Å². The van der Waals surface area contributed by atoms with Gasteiger partial charge in [0, 0.05) is 37.9 Å². The predicted octanol–water partition coefficient (Wildman–Crippen LogP) is 3.57. The van der Waals surface area contributed by atoms with Crippen molar-refractivity contribution in [2.45, 2.75) is 26.3 Å². The molecule has 6 nitrogen and oxygen atoms in total. The molecule has 2 heterocycles. The molecule has 1 N–H and O–H groups in total. The van der Waals surface area contributed by atoms with E-state index in [4.69, 9.17) is 9.47 Å². The van der Waals surface area contributed by atoms with Crippen molar-refractivity contribution in [2.75, 3.05) is 38.2 Å². The molecule has 3 rings (SSSR count). The van der Waals surface area contributed by atoms with Crippen LogP contribution in [0.4, 0.5) is 10.3 Å². The van der Waals surface area contributed by atoms with Crippen LogP contribution in [0.2, 0.25) is 0 Å². The highest BCUT2D eigenvalue weighted by Gasteiger charge is 2.22. The second-order valence-electron chi connectivity index (χ2n) is 7.09. The maximum atomic E-state index is 13.0. The second-order valence-corrected chi connectivity index (χ2v) is 7.09. The number of aromatic nitrogens is 2. The van der Waals surface area contributed by atoms with Gasteiger partial charge in [0.1, 0.15) is 11.6 Å². The first-order valence-electron chi connectivity index (χ1n) is 9.42. The number of benzene rings is 1. The Hall–Kier alpha value is -2.25. The molecule has 0 aliphatic carbocycles. The Balaban J connectivity index is 1.60. The number of halogens is 1. The Morgan fingerprint density at radius 1 is 1.19 bits per heavy atom. The fourth-order valence-electron chi connectivity index (χ4n) is 3.16. The van der Waals surface area contributed by atoms with Crippen molar-refractivity contribution in [3.05, 3.63) is 42.3 Å². The van der Waals surface area contributed by atoms with Crippen LogP contribution in [-0.4, -0.2) is 53.8 Å². The highest BCUT2D eigenvalue weighted by atomic mass is 19.1. The van der Waals surface area contributed by atoms with Crippen LogP contribution < -0.4 is 10.1 Å². The normalized spacial score (nSPS) is 16.3. The summed E-state index contributed by atoms with van der Waals surface area (Å²) < 4.78 is 24.2. The van der Waals surface area contributed by atoms with Crippen molar-refractivity contribution in [2.24, 2.45) is 5.92 Å². The molecule has 1 aromatic heterocycles. The van der Waals surface area contributed by atoms with Crippen molar-refractivity contribution in [3.8, 4) is 11.6 Å². The molecule has 0 radical (unpaired) electrons. The average molecular weight is 374 g/mol. The number of nitrogens with zero attached hydrogens (tertiary/aromatic N) is 3. The van der Waals surface area contributed by atoms with Gasteiger partial charge in [-0.05, 0) is 36.6 Å². The van der Waals surface area contributed by atoms with Crippen LogP contribution >= 0.6 is 0 Å². The van der Waals surface area contributed by atoms with E-state index in [0.29, 0.717) is 29.5 Å². The van der Waals surface area contributed by atoms with Crippen molar-refractivity contribution < 1.29 is 13.9 Å². The Bertz CT molecular complexity index is 705. The average Bonchev–Trinajstić information content (AvgIpc) is 2.68. The maximum absolute atomic E-state index is 13.0. The van der Waals surface area contributed by atoms with Gasteiger partial charge in [0.05, 0.1) is 13.2 Å². The van der Waals surface area contributed by atoms with Crippen LogP contribution in [0.15, 0.2) is 36.5 Å². The van der Waals surface area contributed by atoms with E-state index in [1.54, 1.807) is 24.4 Å². The fraction of sp³-hybridized carbons (Fsp3) is 0.500. The molecule has 1 atom stereocenters. The highest BCUT2D eigenvalue weighted by molar-refractivity contribution is 5.31. The first-order valence-corrected chi connectivity index (χ1v) is 9.42. The standard InChI is InChI=1S/C20H27FN4O2/c1-15(2)13-17(25-9-11-26-12-10-25)14-23-20-22-8-7-19(24-20)27-18-5-3-16(21)4-6-18/h3-8,15,17H,9-14H2,1-2H3,(H,22,23,24). The van der Waals surface area contributed by atoms with Crippen molar-refractivity contribution >= 4 is 5.95 Å². The molecule has 7 heteroatoms. The molecular weight excluding hydrogens is 347 g/mol. The zero-order valence-corrected chi connectivity index (χ0v) is 15.9. The Morgan fingerprint density at radius 2 is 1.93 bits per heavy atom. The lowest BCUT2D eigenvalue weighted by atomic mass is 10.0. The SMILES string of the molecule is CC(C)CC(CNc1nccc(Oc2ccc(F)cc2)n1)N1CCOCC1. The summed E-state index contributed by atoms with van der Waals surface area (Å²) in [5.74, 6) is 1.79. The van der Waals surface area contributed by atoms with Gasteiger partial charge in [0.25, 0.3) is 0 Å². The summed E-state index contributed by atoms with van der Waals surface area (Å²) in [5, 5.41) is 3.34. The minimum Gasteiger partial charge on any atom is -0.439 e. The number of ether oxygens (including phenoxy) is 2. The number of hydrogen-bond acceptors (Lipinski definition) is 6. The zero-order valence-electron chi connectivity index (χ0n) is 15.9. The second kappa shape index (κ2) is 9.62. The third kappa shape index (κ3) is 6.15. The summed E-state index contributed by atoms with van der Waals surface area (Å²) >= 11 is 0. The molecule has 2 aromatic rings. The number of nitrogens with one attached hydrogen (secondary N) is 1. The van der Waals surface area contributed by atoms with Gasteiger partial charge < -0.3 is 14.8 Å². The number of morpholine rings is 1. The monoisotopic (exact) mass is 374 g/mol. The van der Waals surface area contributed by atoms with Crippen LogP contribution in [0.5, 0.6) is 11.6 Å². The van der Waals surface area contributed by atoms with E-state index in [1.165, 1.54) is 12.1 Å². The summed E-state index contributed by atoms with van der Waals surface area (Å²) in [7, 11) is 0. The third-order valence-corrected chi connectivity index (χ3v) is 4.47. The highest BCUT2D eigenvalue weighted by Crippen LogP contribution is 2.20. The smallest absolute Gasteiger partial charge is 0.226 e. The van der Waals surface area contributed by atoms with Crippen LogP contribution in [0.25, 0.3) is 0 Å². The predicted molar refractivity (Wildman–Crippen MR) is 103 cm³/mol. The van der Waals surface area contributed by atoms with Gasteiger partial charge in [-0.15, -0.1) is 0 Å². The zero-order chi connectivity index (χ0) is 19.1. The molecule has 1 aliphatic heterocycles. The molecule has 1 fully saturated rings. The van der Waals surface area contributed by atoms with Gasteiger partial charge in [-0.1, -0.05) is 13.8 Å². The lowest BCUT2D eigenvalue weighted by molar-refractivity contribution is 0.0150. The van der Waals surface area contributed by atoms with Crippen LogP contribution in [0.3, 0.4) is 0 Å². The van der Waals surface area contributed by atoms with Gasteiger partial charge in [-0.3, -0.25) is 4.90 Å². The fourth-order valence-corrected chi connectivity index (χ4v) is 3.16. The molecule has 1 aliphatic rings. The molecule has 146 valence electrons. The summed E-state index contributed by atoms with van der Waals surface area (Å²) in [4.78, 5) is 11.2. The van der Waals surface area contributed by atoms with Crippen molar-refractivity contribution in [1.82, 2.24) is 14.9 Å². The van der Waals surface area contributed by atoms with Gasteiger partial charge in [0.2, 0.25) is 11.8 Å². The molecule has 27 heavy (non-hydrogen) atoms. The van der Waals surface area contributed by atoms with E-state index in [0.717, 1.165) is 39.3 Å². The van der Waals surface area contributed by atoms with Gasteiger partial charge in [0.15, 0.2) is 0 Å². The molecule has 0 bridgehead atoms. The van der Waals surface area contributed by atoms with Crippen molar-refractivity contribution in [3.63, 3.8) is 0 Å². The molecule has 0 saturated carbocycles. The first kappa shape index (κ1) is 19.5. The van der Waals surface area contributed by atoms with Gasteiger partial charge in [-0.2, -0.15) is 4.98 Å². The minimum absolute atomic E-state index is 0.299. The third-order valence-electron chi connectivity index (χ3n) is 4.47. The molecular formula is C20H27FN4O2. The van der Waals surface area contributed by atoms with E-state index in [1.807, 2.05) is 0 Å². The molecule has 1 aromatic carbocycles. The van der Waals surface area contributed by atoms with Crippen LogP contribution in [-0.2, 0) is 4.74 Å². The Kier molecular flexibility index (Phi) is 6.95. The van der Waals surface area contributed by atoms with E-state index in [2.05, 4.69) is 34.0 Å². The number of hydrogen-bond donors (Lipinski definition) is 1. The topological polar surface area (TPSA) is 59.5 Å². The van der Waals surface area contributed by atoms with Crippen LogP contribution in [0, 0.1) is 11.7 Å². The number of anilines is 1. The van der Waals surface area contributed by atoms with Gasteiger partial charge >= 0.3 is 0 Å². The summed E-state index contributed by atoms with van der Waals surface area (Å²) in [6.45, 7) is 8.71. The molecule has 0 spiro atoms. The summed E-state index contributed by atoms with van der Waals surface area (Å²) in [6, 6.07) is 7.94. The largest absolute Gasteiger partial charge is 0.439 e. The quantitative estimate of drug-likeness (QED) is 0.762. The Morgan fingerprint density at radius 3 is 2.63 bits per heavy atom. The molecule has 1 unspecified atom stereocenters. The van der Waals surface area contributed by atoms with E-state index >= 15 is 0 Å². The maximum Gasteiger partial charge on any atom is 0.226 e. The Labute approximate surface area is 159 Å². The first-order chi connectivity index (χ1) is 13.1. The van der Waals surface area contributed by atoms with E-state index in [9.17, 15) is 4.39 Å². The van der Waals surface area contributed by atoms with E-state index in [-0.39, 0.29) is 5.82 Å². The summed E-state index contributed by atoms with van der Waals surface area (Å²) in [6.07, 6.45) is 2.75. The van der Waals surface area contributed by atoms with Gasteiger partial charge in [-0.25, -0.2) is 9.37 Å². The van der Waals surface area contributed by atoms with Crippen LogP contribution in [0.1, 0.15) is 20.3 Å². The number of rotatable bonds is 8. The lowest BCUT2D eigenvalue weighted by Crippen LogP contribution is -2.47. The van der Waals surface area contributed by atoms with E-state index < -0.39 is 0 Å². The molecule has 1 saturated heterocycles. The minimum atomic E-state index is -0.299. The molecule has 0 amide bonds. The lowest BCUT2D eigenvalue weighted by Gasteiger charge is -2.35. The summed E-state index contributed by atoms with van der Waals surface area (Å²) in [5.41, 5.74) is 0.